The SMILES string of the molecule is CCCCN(C1CC1)C(CC(N)=NO)c1ccccc1. The van der Waals surface area contributed by atoms with Gasteiger partial charge in [-0.1, -0.05) is 48.8 Å². The quantitative estimate of drug-likeness (QED) is 0.331. The molecule has 4 nitrogen and oxygen atoms in total. The highest BCUT2D eigenvalue weighted by Crippen LogP contribution is 2.36. The van der Waals surface area contributed by atoms with Gasteiger partial charge in [0, 0.05) is 18.5 Å². The molecule has 1 aliphatic rings. The van der Waals surface area contributed by atoms with E-state index < -0.39 is 0 Å². The number of unbranched alkanes of at least 4 members (excludes halogenated alkanes) is 1. The smallest absolute Gasteiger partial charge is 0.141 e. The zero-order chi connectivity index (χ0) is 14.4. The first-order chi connectivity index (χ1) is 9.76. The lowest BCUT2D eigenvalue weighted by atomic mass is 10.0. The largest absolute Gasteiger partial charge is 0.409 e. The van der Waals surface area contributed by atoms with Crippen molar-refractivity contribution in [3.8, 4) is 0 Å². The summed E-state index contributed by atoms with van der Waals surface area (Å²) in [6, 6.07) is 11.3. The Labute approximate surface area is 121 Å². The average Bonchev–Trinajstić information content (AvgIpc) is 3.32. The molecule has 1 aliphatic carbocycles. The molecular formula is C16H25N3O. The van der Waals surface area contributed by atoms with Crippen molar-refractivity contribution in [3.63, 3.8) is 0 Å². The summed E-state index contributed by atoms with van der Waals surface area (Å²) in [6.45, 7) is 3.30. The van der Waals surface area contributed by atoms with E-state index >= 15 is 0 Å². The van der Waals surface area contributed by atoms with E-state index in [1.54, 1.807) is 0 Å². The molecule has 0 amide bonds. The Bertz CT molecular complexity index is 429. The zero-order valence-electron chi connectivity index (χ0n) is 12.2. The molecule has 0 aliphatic heterocycles. The third-order valence-corrected chi connectivity index (χ3v) is 3.90. The third-order valence-electron chi connectivity index (χ3n) is 3.90. The van der Waals surface area contributed by atoms with Gasteiger partial charge in [-0.3, -0.25) is 4.90 Å². The van der Waals surface area contributed by atoms with E-state index in [1.807, 2.05) is 6.07 Å². The lowest BCUT2D eigenvalue weighted by molar-refractivity contribution is 0.186. The van der Waals surface area contributed by atoms with E-state index in [9.17, 15) is 0 Å². The van der Waals surface area contributed by atoms with Crippen LogP contribution in [0.25, 0.3) is 0 Å². The molecule has 1 unspecified atom stereocenters. The van der Waals surface area contributed by atoms with Crippen molar-refractivity contribution < 1.29 is 5.21 Å². The maximum Gasteiger partial charge on any atom is 0.141 e. The summed E-state index contributed by atoms with van der Waals surface area (Å²) >= 11 is 0. The zero-order valence-corrected chi connectivity index (χ0v) is 12.2. The van der Waals surface area contributed by atoms with Crippen molar-refractivity contribution >= 4 is 5.84 Å². The van der Waals surface area contributed by atoms with Crippen molar-refractivity contribution in [3.05, 3.63) is 35.9 Å². The molecule has 4 heteroatoms. The number of nitrogens with two attached hydrogens (primary N) is 1. The van der Waals surface area contributed by atoms with E-state index in [-0.39, 0.29) is 6.04 Å². The van der Waals surface area contributed by atoms with Crippen LogP contribution < -0.4 is 5.73 Å². The van der Waals surface area contributed by atoms with Gasteiger partial charge in [-0.05, 0) is 31.4 Å². The molecule has 20 heavy (non-hydrogen) atoms. The molecule has 110 valence electrons. The molecule has 1 aromatic carbocycles. The summed E-state index contributed by atoms with van der Waals surface area (Å²) in [6.07, 6.45) is 5.50. The summed E-state index contributed by atoms with van der Waals surface area (Å²) in [5.74, 6) is 0.306. The van der Waals surface area contributed by atoms with Crippen LogP contribution in [0.5, 0.6) is 0 Å². The fourth-order valence-electron chi connectivity index (χ4n) is 2.68. The standard InChI is InChI=1S/C16H25N3O/c1-2-3-11-19(14-9-10-14)15(12-16(17)18-20)13-7-5-4-6-8-13/h4-8,14-15,20H,2-3,9-12H2,1H3,(H2,17,18). The molecule has 1 aromatic rings. The van der Waals surface area contributed by atoms with Crippen LogP contribution in [0.3, 0.4) is 0 Å². The van der Waals surface area contributed by atoms with Crippen molar-refractivity contribution in [2.45, 2.75) is 51.1 Å². The summed E-state index contributed by atoms with van der Waals surface area (Å²) in [4.78, 5) is 2.54. The monoisotopic (exact) mass is 275 g/mol. The van der Waals surface area contributed by atoms with Crippen LogP contribution in [0.4, 0.5) is 0 Å². The Morgan fingerprint density at radius 2 is 2.10 bits per heavy atom. The molecular weight excluding hydrogens is 250 g/mol. The van der Waals surface area contributed by atoms with Crippen LogP contribution in [0.15, 0.2) is 35.5 Å². The third kappa shape index (κ3) is 3.97. The molecule has 0 aromatic heterocycles. The number of benzene rings is 1. The van der Waals surface area contributed by atoms with Crippen LogP contribution in [0.2, 0.25) is 0 Å². The van der Waals surface area contributed by atoms with Crippen molar-refractivity contribution in [1.82, 2.24) is 4.90 Å². The van der Waals surface area contributed by atoms with Gasteiger partial charge in [-0.15, -0.1) is 0 Å². The van der Waals surface area contributed by atoms with Crippen LogP contribution in [0, 0.1) is 0 Å². The number of oxime groups is 1. The second-order valence-corrected chi connectivity index (χ2v) is 5.54. The highest BCUT2D eigenvalue weighted by Gasteiger charge is 2.34. The fraction of sp³-hybridized carbons (Fsp3) is 0.562. The number of nitrogens with zero attached hydrogens (tertiary/aromatic N) is 2. The van der Waals surface area contributed by atoms with Gasteiger partial charge in [0.2, 0.25) is 0 Å². The minimum absolute atomic E-state index is 0.214. The van der Waals surface area contributed by atoms with Crippen molar-refractivity contribution in [2.75, 3.05) is 6.54 Å². The highest BCUT2D eigenvalue weighted by molar-refractivity contribution is 5.80. The van der Waals surface area contributed by atoms with E-state index in [0.717, 1.165) is 6.54 Å². The van der Waals surface area contributed by atoms with E-state index in [2.05, 4.69) is 41.2 Å². The molecule has 1 fully saturated rings. The molecule has 1 atom stereocenters. The van der Waals surface area contributed by atoms with Crippen molar-refractivity contribution in [2.24, 2.45) is 10.9 Å². The van der Waals surface area contributed by atoms with Gasteiger partial charge < -0.3 is 10.9 Å². The molecule has 0 spiro atoms. The lowest BCUT2D eigenvalue weighted by Crippen LogP contribution is -2.34. The number of rotatable bonds is 8. The highest BCUT2D eigenvalue weighted by atomic mass is 16.4. The second-order valence-electron chi connectivity index (χ2n) is 5.54. The first-order valence-electron chi connectivity index (χ1n) is 7.53. The van der Waals surface area contributed by atoms with Gasteiger partial charge in [0.05, 0.1) is 0 Å². The van der Waals surface area contributed by atoms with Crippen LogP contribution in [-0.2, 0) is 0 Å². The molecule has 1 saturated carbocycles. The molecule has 2 rings (SSSR count). The Balaban J connectivity index is 2.19. The Morgan fingerprint density at radius 3 is 2.65 bits per heavy atom. The first-order valence-corrected chi connectivity index (χ1v) is 7.53. The maximum absolute atomic E-state index is 8.89. The summed E-state index contributed by atoms with van der Waals surface area (Å²) in [5, 5.41) is 12.1. The van der Waals surface area contributed by atoms with E-state index in [0.29, 0.717) is 18.3 Å². The molecule has 0 heterocycles. The Morgan fingerprint density at radius 1 is 1.40 bits per heavy atom. The van der Waals surface area contributed by atoms with Gasteiger partial charge in [-0.25, -0.2) is 0 Å². The van der Waals surface area contributed by atoms with Gasteiger partial charge in [0.1, 0.15) is 5.84 Å². The summed E-state index contributed by atoms with van der Waals surface area (Å²) in [5.41, 5.74) is 7.02. The molecule has 3 N–H and O–H groups in total. The van der Waals surface area contributed by atoms with Gasteiger partial charge >= 0.3 is 0 Å². The van der Waals surface area contributed by atoms with Gasteiger partial charge in [-0.2, -0.15) is 0 Å². The molecule has 0 bridgehead atoms. The van der Waals surface area contributed by atoms with Gasteiger partial charge in [0.25, 0.3) is 0 Å². The van der Waals surface area contributed by atoms with Crippen LogP contribution >= 0.6 is 0 Å². The minimum atomic E-state index is 0.214. The predicted molar refractivity (Wildman–Crippen MR) is 81.8 cm³/mol. The second kappa shape index (κ2) is 7.29. The Hall–Kier alpha value is -1.55. The van der Waals surface area contributed by atoms with E-state index in [4.69, 9.17) is 10.9 Å². The summed E-state index contributed by atoms with van der Waals surface area (Å²) in [7, 11) is 0. The normalized spacial score (nSPS) is 17.4. The summed E-state index contributed by atoms with van der Waals surface area (Å²) < 4.78 is 0. The van der Waals surface area contributed by atoms with Crippen molar-refractivity contribution in [1.29, 1.82) is 0 Å². The minimum Gasteiger partial charge on any atom is -0.409 e. The maximum atomic E-state index is 8.89. The molecule has 0 radical (unpaired) electrons. The van der Waals surface area contributed by atoms with Crippen LogP contribution in [-0.4, -0.2) is 28.5 Å². The first kappa shape index (κ1) is 14.9. The Kier molecular flexibility index (Phi) is 5.41. The number of amidine groups is 1. The van der Waals surface area contributed by atoms with Gasteiger partial charge in [0.15, 0.2) is 0 Å². The fourth-order valence-corrected chi connectivity index (χ4v) is 2.68. The topological polar surface area (TPSA) is 61.8 Å². The number of hydrogen-bond acceptors (Lipinski definition) is 3. The number of hydrogen-bond donors (Lipinski definition) is 2. The molecule has 0 saturated heterocycles. The lowest BCUT2D eigenvalue weighted by Gasteiger charge is -2.32. The predicted octanol–water partition coefficient (Wildman–Crippen LogP) is 3.13. The average molecular weight is 275 g/mol. The van der Waals surface area contributed by atoms with Crippen LogP contribution in [0.1, 0.15) is 50.6 Å². The van der Waals surface area contributed by atoms with E-state index in [1.165, 1.54) is 31.2 Å².